The summed E-state index contributed by atoms with van der Waals surface area (Å²) in [6.45, 7) is 7.98. The van der Waals surface area contributed by atoms with Crippen LogP contribution in [0.15, 0.2) is 12.1 Å². The summed E-state index contributed by atoms with van der Waals surface area (Å²) in [5, 5.41) is 0. The maximum Gasteiger partial charge on any atom is 0.128 e. The van der Waals surface area contributed by atoms with E-state index >= 15 is 0 Å². The van der Waals surface area contributed by atoms with Gasteiger partial charge in [0.1, 0.15) is 5.82 Å². The number of hydrogen-bond donors (Lipinski definition) is 2. The Balaban J connectivity index is 3.19. The van der Waals surface area contributed by atoms with Crippen LogP contribution in [0.5, 0.6) is 0 Å². The molecule has 0 amide bonds. The molecule has 2 nitrogen and oxygen atoms in total. The number of rotatable bonds is 4. The Kier molecular flexibility index (Phi) is 4.44. The predicted molar refractivity (Wildman–Crippen MR) is 65.4 cm³/mol. The zero-order chi connectivity index (χ0) is 12.3. The third-order valence-electron chi connectivity index (χ3n) is 3.18. The fourth-order valence-corrected chi connectivity index (χ4v) is 2.09. The number of nitrogens with one attached hydrogen (secondary N) is 1. The van der Waals surface area contributed by atoms with Gasteiger partial charge >= 0.3 is 0 Å². The van der Waals surface area contributed by atoms with E-state index in [1.165, 1.54) is 0 Å². The molecule has 0 aromatic heterocycles. The first kappa shape index (κ1) is 13.1. The molecule has 0 aliphatic rings. The molecular weight excluding hydrogens is 203 g/mol. The first-order valence-corrected chi connectivity index (χ1v) is 5.74. The first-order chi connectivity index (χ1) is 7.51. The van der Waals surface area contributed by atoms with Gasteiger partial charge in [0.05, 0.1) is 6.04 Å². The second-order valence-corrected chi connectivity index (χ2v) is 4.51. The Hall–Kier alpha value is -0.930. The minimum absolute atomic E-state index is 0.120. The van der Waals surface area contributed by atoms with Crippen LogP contribution in [0.25, 0.3) is 0 Å². The smallest absolute Gasteiger partial charge is 0.128 e. The molecule has 1 aromatic rings. The zero-order valence-electron chi connectivity index (χ0n) is 10.5. The quantitative estimate of drug-likeness (QED) is 0.609. The van der Waals surface area contributed by atoms with Crippen LogP contribution in [0.3, 0.4) is 0 Å². The van der Waals surface area contributed by atoms with Crippen LogP contribution in [-0.4, -0.2) is 0 Å². The summed E-state index contributed by atoms with van der Waals surface area (Å²) in [6, 6.07) is 3.44. The molecule has 90 valence electrons. The second kappa shape index (κ2) is 5.41. The zero-order valence-corrected chi connectivity index (χ0v) is 10.5. The summed E-state index contributed by atoms with van der Waals surface area (Å²) in [4.78, 5) is 0. The number of halogens is 1. The van der Waals surface area contributed by atoms with Gasteiger partial charge in [-0.3, -0.25) is 11.3 Å². The van der Waals surface area contributed by atoms with Crippen LogP contribution in [0, 0.1) is 25.6 Å². The second-order valence-electron chi connectivity index (χ2n) is 4.51. The summed E-state index contributed by atoms with van der Waals surface area (Å²) in [5.41, 5.74) is 5.33. The van der Waals surface area contributed by atoms with Crippen molar-refractivity contribution in [2.24, 2.45) is 11.8 Å². The van der Waals surface area contributed by atoms with Crippen LogP contribution in [0.1, 0.15) is 43.0 Å². The Labute approximate surface area is 97.0 Å². The molecule has 1 aromatic carbocycles. The lowest BCUT2D eigenvalue weighted by atomic mass is 9.89. The summed E-state index contributed by atoms with van der Waals surface area (Å²) < 4.78 is 13.9. The molecule has 0 spiro atoms. The first-order valence-electron chi connectivity index (χ1n) is 5.74. The molecule has 0 fully saturated rings. The van der Waals surface area contributed by atoms with Crippen molar-refractivity contribution in [1.29, 1.82) is 0 Å². The summed E-state index contributed by atoms with van der Waals surface area (Å²) in [5.74, 6) is 5.68. The molecule has 0 saturated heterocycles. The molecular formula is C13H21FN2. The Morgan fingerprint density at radius 1 is 1.38 bits per heavy atom. The molecule has 3 N–H and O–H groups in total. The standard InChI is InChI=1S/C13H21FN2/c1-5-9(3)13(16-15)12-10(4)6-8(2)7-11(12)14/h6-7,9,13,16H,5,15H2,1-4H3. The van der Waals surface area contributed by atoms with Gasteiger partial charge in [0.25, 0.3) is 0 Å². The molecule has 2 unspecified atom stereocenters. The van der Waals surface area contributed by atoms with Gasteiger partial charge in [-0.15, -0.1) is 0 Å². The van der Waals surface area contributed by atoms with Crippen LogP contribution < -0.4 is 11.3 Å². The third kappa shape index (κ3) is 2.60. The van der Waals surface area contributed by atoms with E-state index in [0.29, 0.717) is 11.5 Å². The van der Waals surface area contributed by atoms with Crippen LogP contribution in [0.4, 0.5) is 4.39 Å². The Morgan fingerprint density at radius 2 is 2.00 bits per heavy atom. The van der Waals surface area contributed by atoms with Crippen LogP contribution in [-0.2, 0) is 0 Å². The SMILES string of the molecule is CCC(C)C(NN)c1c(C)cc(C)cc1F. The average Bonchev–Trinajstić information content (AvgIpc) is 2.22. The van der Waals surface area contributed by atoms with E-state index < -0.39 is 0 Å². The van der Waals surface area contributed by atoms with Crippen LogP contribution >= 0.6 is 0 Å². The van der Waals surface area contributed by atoms with Crippen molar-refractivity contribution in [3.8, 4) is 0 Å². The highest BCUT2D eigenvalue weighted by molar-refractivity contribution is 5.34. The molecule has 16 heavy (non-hydrogen) atoms. The monoisotopic (exact) mass is 224 g/mol. The van der Waals surface area contributed by atoms with E-state index in [1.54, 1.807) is 6.07 Å². The molecule has 1 rings (SSSR count). The number of hydrazine groups is 1. The van der Waals surface area contributed by atoms with Crippen molar-refractivity contribution in [3.05, 3.63) is 34.6 Å². The molecule has 0 saturated carbocycles. The minimum Gasteiger partial charge on any atom is -0.271 e. The number of aryl methyl sites for hydroxylation is 2. The summed E-state index contributed by atoms with van der Waals surface area (Å²) in [6.07, 6.45) is 0.960. The van der Waals surface area contributed by atoms with Gasteiger partial charge in [-0.1, -0.05) is 26.3 Å². The molecule has 2 atom stereocenters. The van der Waals surface area contributed by atoms with Gasteiger partial charge in [-0.05, 0) is 37.0 Å². The largest absolute Gasteiger partial charge is 0.271 e. The molecule has 0 aliphatic carbocycles. The van der Waals surface area contributed by atoms with E-state index in [-0.39, 0.29) is 11.9 Å². The molecule has 3 heteroatoms. The van der Waals surface area contributed by atoms with Gasteiger partial charge < -0.3 is 0 Å². The van der Waals surface area contributed by atoms with Crippen molar-refractivity contribution >= 4 is 0 Å². The van der Waals surface area contributed by atoms with E-state index in [2.05, 4.69) is 19.3 Å². The molecule has 0 bridgehead atoms. The highest BCUT2D eigenvalue weighted by Gasteiger charge is 2.21. The lowest BCUT2D eigenvalue weighted by Gasteiger charge is -2.25. The fourth-order valence-electron chi connectivity index (χ4n) is 2.09. The average molecular weight is 224 g/mol. The van der Waals surface area contributed by atoms with Gasteiger partial charge in [0, 0.05) is 5.56 Å². The van der Waals surface area contributed by atoms with Gasteiger partial charge in [-0.2, -0.15) is 0 Å². The van der Waals surface area contributed by atoms with Crippen molar-refractivity contribution in [2.75, 3.05) is 0 Å². The number of benzene rings is 1. The lowest BCUT2D eigenvalue weighted by Crippen LogP contribution is -2.33. The highest BCUT2D eigenvalue weighted by atomic mass is 19.1. The lowest BCUT2D eigenvalue weighted by molar-refractivity contribution is 0.369. The fraction of sp³-hybridized carbons (Fsp3) is 0.538. The molecule has 0 radical (unpaired) electrons. The molecule has 0 heterocycles. The van der Waals surface area contributed by atoms with E-state index in [9.17, 15) is 4.39 Å². The van der Waals surface area contributed by atoms with Crippen molar-refractivity contribution < 1.29 is 4.39 Å². The minimum atomic E-state index is -0.166. The van der Waals surface area contributed by atoms with Gasteiger partial charge in [-0.25, -0.2) is 4.39 Å². The van der Waals surface area contributed by atoms with Gasteiger partial charge in [0.15, 0.2) is 0 Å². The Morgan fingerprint density at radius 3 is 2.44 bits per heavy atom. The van der Waals surface area contributed by atoms with Crippen molar-refractivity contribution in [1.82, 2.24) is 5.43 Å². The Bertz CT molecular complexity index is 340. The van der Waals surface area contributed by atoms with Crippen molar-refractivity contribution in [2.45, 2.75) is 40.2 Å². The maximum absolute atomic E-state index is 13.9. The van der Waals surface area contributed by atoms with E-state index in [0.717, 1.165) is 17.5 Å². The summed E-state index contributed by atoms with van der Waals surface area (Å²) in [7, 11) is 0. The third-order valence-corrected chi connectivity index (χ3v) is 3.18. The van der Waals surface area contributed by atoms with Crippen LogP contribution in [0.2, 0.25) is 0 Å². The van der Waals surface area contributed by atoms with Crippen molar-refractivity contribution in [3.63, 3.8) is 0 Å². The van der Waals surface area contributed by atoms with E-state index in [4.69, 9.17) is 5.84 Å². The van der Waals surface area contributed by atoms with E-state index in [1.807, 2.05) is 19.9 Å². The molecule has 0 aliphatic heterocycles. The topological polar surface area (TPSA) is 38.0 Å². The summed E-state index contributed by atoms with van der Waals surface area (Å²) >= 11 is 0. The maximum atomic E-state index is 13.9. The normalized spacial score (nSPS) is 14.9. The van der Waals surface area contributed by atoms with Gasteiger partial charge in [0.2, 0.25) is 0 Å². The number of hydrogen-bond acceptors (Lipinski definition) is 2. The highest BCUT2D eigenvalue weighted by Crippen LogP contribution is 2.29. The number of nitrogens with two attached hydrogens (primary N) is 1. The predicted octanol–water partition coefficient (Wildman–Crippen LogP) is 2.99.